The van der Waals surface area contributed by atoms with Gasteiger partial charge in [-0.25, -0.2) is 0 Å². The summed E-state index contributed by atoms with van der Waals surface area (Å²) in [6, 6.07) is 8.91. The molecular weight excluding hydrogens is 460 g/mol. The fourth-order valence-electron chi connectivity index (χ4n) is 1.40. The van der Waals surface area contributed by atoms with Gasteiger partial charge in [-0.1, -0.05) is 15.9 Å². The maximum absolute atomic E-state index is 12.1. The molecule has 1 amide bonds. The Morgan fingerprint density at radius 1 is 1.26 bits per heavy atom. The summed E-state index contributed by atoms with van der Waals surface area (Å²) in [5.74, 6) is -0.257. The van der Waals surface area contributed by atoms with Gasteiger partial charge >= 0.3 is 0 Å². The van der Waals surface area contributed by atoms with Crippen LogP contribution in [0.3, 0.4) is 0 Å². The monoisotopic (exact) mass is 462 g/mol. The molecule has 96 valence electrons. The van der Waals surface area contributed by atoms with Crippen molar-refractivity contribution in [3.05, 3.63) is 47.4 Å². The van der Waals surface area contributed by atoms with Crippen molar-refractivity contribution < 1.29 is 4.79 Å². The number of carbonyl (C=O) groups excluding carboxylic acids is 1. The molecule has 0 aliphatic rings. The van der Waals surface area contributed by atoms with Crippen LogP contribution in [0.2, 0.25) is 0 Å². The topological polar surface area (TPSA) is 52.9 Å². The highest BCUT2D eigenvalue weighted by molar-refractivity contribution is 9.12. The molecule has 1 heterocycles. The molecule has 2 aromatic rings. The van der Waals surface area contributed by atoms with Gasteiger partial charge in [-0.3, -0.25) is 4.79 Å². The summed E-state index contributed by atoms with van der Waals surface area (Å²) in [5, 5.41) is 11.8. The van der Waals surface area contributed by atoms with E-state index in [9.17, 15) is 4.79 Å². The van der Waals surface area contributed by atoms with Crippen LogP contribution in [-0.4, -0.2) is 5.91 Å². The van der Waals surface area contributed by atoms with E-state index < -0.39 is 0 Å². The van der Waals surface area contributed by atoms with Crippen molar-refractivity contribution in [3.8, 4) is 6.07 Å². The van der Waals surface area contributed by atoms with Gasteiger partial charge in [0, 0.05) is 4.47 Å². The van der Waals surface area contributed by atoms with Crippen LogP contribution >= 0.6 is 59.1 Å². The average molecular weight is 465 g/mol. The minimum absolute atomic E-state index is 0.257. The molecular formula is C12H5Br3N2OS. The normalized spacial score (nSPS) is 10.0. The van der Waals surface area contributed by atoms with Crippen LogP contribution in [0.4, 0.5) is 5.69 Å². The van der Waals surface area contributed by atoms with E-state index in [2.05, 4.69) is 53.1 Å². The molecule has 0 spiro atoms. The van der Waals surface area contributed by atoms with Gasteiger partial charge in [0.25, 0.3) is 5.91 Å². The van der Waals surface area contributed by atoms with Gasteiger partial charge in [0.2, 0.25) is 0 Å². The molecule has 7 heteroatoms. The number of nitrogens with one attached hydrogen (secondary N) is 1. The second-order valence-corrected chi connectivity index (χ2v) is 8.16. The third-order valence-electron chi connectivity index (χ3n) is 2.25. The Labute approximate surface area is 139 Å². The summed E-state index contributed by atoms with van der Waals surface area (Å²) < 4.78 is 2.40. The number of benzene rings is 1. The van der Waals surface area contributed by atoms with Gasteiger partial charge in [0.15, 0.2) is 0 Å². The third-order valence-corrected chi connectivity index (χ3v) is 5.08. The van der Waals surface area contributed by atoms with Crippen molar-refractivity contribution in [1.82, 2.24) is 0 Å². The number of halogens is 3. The Morgan fingerprint density at radius 2 is 2.00 bits per heavy atom. The minimum Gasteiger partial charge on any atom is -0.321 e. The van der Waals surface area contributed by atoms with Crippen LogP contribution in [0.1, 0.15) is 15.9 Å². The number of nitrogens with zero attached hydrogens (tertiary/aromatic N) is 1. The lowest BCUT2D eigenvalue weighted by Gasteiger charge is -2.06. The summed E-state index contributed by atoms with van der Waals surface area (Å²) in [6.07, 6.45) is 0. The maximum Gasteiger partial charge on any atom is 0.257 e. The van der Waals surface area contributed by atoms with Crippen molar-refractivity contribution >= 4 is 70.7 Å². The Morgan fingerprint density at radius 3 is 2.58 bits per heavy atom. The number of anilines is 1. The minimum atomic E-state index is -0.257. The van der Waals surface area contributed by atoms with Crippen LogP contribution in [-0.2, 0) is 0 Å². The van der Waals surface area contributed by atoms with E-state index >= 15 is 0 Å². The fraction of sp³-hybridized carbons (Fsp3) is 0. The molecule has 0 radical (unpaired) electrons. The first-order valence-corrected chi connectivity index (χ1v) is 8.16. The molecule has 2 rings (SSSR count). The van der Waals surface area contributed by atoms with Crippen LogP contribution in [0.15, 0.2) is 36.3 Å². The number of rotatable bonds is 2. The van der Waals surface area contributed by atoms with Crippen molar-refractivity contribution in [2.75, 3.05) is 5.32 Å². The first kappa shape index (κ1) is 14.7. The molecule has 0 bridgehead atoms. The molecule has 0 aliphatic heterocycles. The fourth-order valence-corrected chi connectivity index (χ4v) is 4.56. The Hall–Kier alpha value is -0.680. The number of thiophene rings is 1. The quantitative estimate of drug-likeness (QED) is 0.667. The third kappa shape index (κ3) is 3.45. The van der Waals surface area contributed by atoms with Crippen molar-refractivity contribution in [2.24, 2.45) is 0 Å². The van der Waals surface area contributed by atoms with Crippen molar-refractivity contribution in [3.63, 3.8) is 0 Å². The van der Waals surface area contributed by atoms with Gasteiger partial charge in [0.1, 0.15) is 6.07 Å². The van der Waals surface area contributed by atoms with Crippen LogP contribution in [0.25, 0.3) is 0 Å². The highest BCUT2D eigenvalue weighted by Crippen LogP contribution is 2.32. The zero-order chi connectivity index (χ0) is 14.0. The molecule has 0 saturated carbocycles. The summed E-state index contributed by atoms with van der Waals surface area (Å²) in [7, 11) is 0. The lowest BCUT2D eigenvalue weighted by Crippen LogP contribution is -2.12. The summed E-state index contributed by atoms with van der Waals surface area (Å²) in [4.78, 5) is 12.1. The van der Waals surface area contributed by atoms with E-state index in [0.717, 1.165) is 12.0 Å². The molecule has 19 heavy (non-hydrogen) atoms. The average Bonchev–Trinajstić information content (AvgIpc) is 2.70. The largest absolute Gasteiger partial charge is 0.321 e. The first-order chi connectivity index (χ1) is 9.01. The van der Waals surface area contributed by atoms with Gasteiger partial charge in [-0.15, -0.1) is 11.3 Å². The molecule has 0 fully saturated rings. The highest BCUT2D eigenvalue weighted by atomic mass is 79.9. The first-order valence-electron chi connectivity index (χ1n) is 4.97. The second-order valence-electron chi connectivity index (χ2n) is 3.49. The SMILES string of the molecule is N#Cc1cc(Br)ccc1NC(=O)c1cc(Br)sc1Br. The van der Waals surface area contributed by atoms with Crippen LogP contribution < -0.4 is 5.32 Å². The van der Waals surface area contributed by atoms with E-state index in [0.29, 0.717) is 16.8 Å². The smallest absolute Gasteiger partial charge is 0.257 e. The zero-order valence-electron chi connectivity index (χ0n) is 9.21. The molecule has 0 unspecified atom stereocenters. The molecule has 1 N–H and O–H groups in total. The lowest BCUT2D eigenvalue weighted by atomic mass is 10.2. The van der Waals surface area contributed by atoms with E-state index in [1.165, 1.54) is 11.3 Å². The lowest BCUT2D eigenvalue weighted by molar-refractivity contribution is 0.102. The zero-order valence-corrected chi connectivity index (χ0v) is 14.8. The number of nitriles is 1. The predicted molar refractivity (Wildman–Crippen MR) is 86.5 cm³/mol. The second kappa shape index (κ2) is 6.18. The van der Waals surface area contributed by atoms with Crippen LogP contribution in [0, 0.1) is 11.3 Å². The van der Waals surface area contributed by atoms with Crippen molar-refractivity contribution in [1.29, 1.82) is 5.26 Å². The van der Waals surface area contributed by atoms with Crippen molar-refractivity contribution in [2.45, 2.75) is 0 Å². The Bertz CT molecular complexity index is 691. The standard InChI is InChI=1S/C12H5Br3N2OS/c13-7-1-2-9(6(3-7)5-16)17-12(18)8-4-10(14)19-11(8)15/h1-4H,(H,17,18). The van der Waals surface area contributed by atoms with Gasteiger partial charge in [-0.2, -0.15) is 5.26 Å². The number of amides is 1. The van der Waals surface area contributed by atoms with Gasteiger partial charge in [-0.05, 0) is 56.1 Å². The van der Waals surface area contributed by atoms with E-state index in [-0.39, 0.29) is 5.91 Å². The Kier molecular flexibility index (Phi) is 4.79. The van der Waals surface area contributed by atoms with E-state index in [4.69, 9.17) is 5.26 Å². The van der Waals surface area contributed by atoms with E-state index in [1.807, 2.05) is 6.07 Å². The number of carbonyl (C=O) groups is 1. The van der Waals surface area contributed by atoms with E-state index in [1.54, 1.807) is 24.3 Å². The summed E-state index contributed by atoms with van der Waals surface area (Å²) in [5.41, 5.74) is 1.43. The molecule has 0 aliphatic carbocycles. The predicted octanol–water partition coefficient (Wildman–Crippen LogP) is 5.16. The van der Waals surface area contributed by atoms with Gasteiger partial charge in [0.05, 0.1) is 24.4 Å². The number of hydrogen-bond donors (Lipinski definition) is 1. The molecule has 1 aromatic heterocycles. The molecule has 3 nitrogen and oxygen atoms in total. The van der Waals surface area contributed by atoms with Crippen LogP contribution in [0.5, 0.6) is 0 Å². The number of hydrogen-bond acceptors (Lipinski definition) is 3. The highest BCUT2D eigenvalue weighted by Gasteiger charge is 2.15. The summed E-state index contributed by atoms with van der Waals surface area (Å²) in [6.45, 7) is 0. The Balaban J connectivity index is 2.29. The molecule has 0 saturated heterocycles. The summed E-state index contributed by atoms with van der Waals surface area (Å²) >= 11 is 11.4. The molecule has 0 atom stereocenters. The van der Waals surface area contributed by atoms with Gasteiger partial charge < -0.3 is 5.32 Å². The molecule has 1 aromatic carbocycles. The maximum atomic E-state index is 12.1.